The predicted octanol–water partition coefficient (Wildman–Crippen LogP) is 4.69. The highest BCUT2D eigenvalue weighted by Crippen LogP contribution is 2.47. The molecule has 1 aliphatic rings. The standard InChI is InChI=1S/C22H20N2OS/c25-21(24-16-22(13-14-22)18-6-2-1-3-7-18)17-9-11-19(12-10-17)26-20-8-4-5-15-23-20/h1-12,15H,13-14,16H2,(H,24,25). The van der Waals surface area contributed by atoms with E-state index < -0.39 is 0 Å². The zero-order valence-corrected chi connectivity index (χ0v) is 15.2. The van der Waals surface area contributed by atoms with E-state index in [4.69, 9.17) is 0 Å². The highest BCUT2D eigenvalue weighted by Gasteiger charge is 2.44. The van der Waals surface area contributed by atoms with Crippen molar-refractivity contribution in [3.63, 3.8) is 0 Å². The number of hydrogen-bond donors (Lipinski definition) is 1. The number of carbonyl (C=O) groups excluding carboxylic acids is 1. The molecule has 1 saturated carbocycles. The number of nitrogens with zero attached hydrogens (tertiary/aromatic N) is 1. The highest BCUT2D eigenvalue weighted by atomic mass is 32.2. The van der Waals surface area contributed by atoms with E-state index in [9.17, 15) is 4.79 Å². The number of amides is 1. The summed E-state index contributed by atoms with van der Waals surface area (Å²) >= 11 is 1.59. The van der Waals surface area contributed by atoms with Gasteiger partial charge in [0.25, 0.3) is 5.91 Å². The Labute approximate surface area is 157 Å². The van der Waals surface area contributed by atoms with Crippen molar-refractivity contribution >= 4 is 17.7 Å². The fourth-order valence-corrected chi connectivity index (χ4v) is 3.84. The summed E-state index contributed by atoms with van der Waals surface area (Å²) in [6.07, 6.45) is 4.05. The number of carbonyl (C=O) groups is 1. The lowest BCUT2D eigenvalue weighted by atomic mass is 9.96. The number of rotatable bonds is 6. The summed E-state index contributed by atoms with van der Waals surface area (Å²) in [5.41, 5.74) is 2.15. The number of aromatic nitrogens is 1. The van der Waals surface area contributed by atoms with Crippen LogP contribution in [0.5, 0.6) is 0 Å². The molecule has 1 fully saturated rings. The van der Waals surface area contributed by atoms with Crippen molar-refractivity contribution in [3.8, 4) is 0 Å². The van der Waals surface area contributed by atoms with Gasteiger partial charge in [0.2, 0.25) is 0 Å². The monoisotopic (exact) mass is 360 g/mol. The van der Waals surface area contributed by atoms with Gasteiger partial charge in [-0.05, 0) is 54.8 Å². The van der Waals surface area contributed by atoms with Crippen LogP contribution in [0.1, 0.15) is 28.8 Å². The fraction of sp³-hybridized carbons (Fsp3) is 0.182. The average molecular weight is 360 g/mol. The minimum atomic E-state index is -0.0124. The molecule has 0 atom stereocenters. The average Bonchev–Trinajstić information content (AvgIpc) is 3.49. The molecule has 130 valence electrons. The van der Waals surface area contributed by atoms with E-state index >= 15 is 0 Å². The smallest absolute Gasteiger partial charge is 0.251 e. The molecule has 1 aliphatic carbocycles. The third-order valence-electron chi connectivity index (χ3n) is 4.80. The normalized spacial score (nSPS) is 14.6. The van der Waals surface area contributed by atoms with Crippen LogP contribution < -0.4 is 5.32 Å². The first-order valence-electron chi connectivity index (χ1n) is 8.78. The van der Waals surface area contributed by atoms with Crippen LogP contribution in [0.3, 0.4) is 0 Å². The van der Waals surface area contributed by atoms with Gasteiger partial charge in [0, 0.05) is 28.6 Å². The van der Waals surface area contributed by atoms with Crippen LogP contribution in [-0.4, -0.2) is 17.4 Å². The summed E-state index contributed by atoms with van der Waals surface area (Å²) in [4.78, 5) is 17.9. The van der Waals surface area contributed by atoms with Crippen LogP contribution >= 0.6 is 11.8 Å². The summed E-state index contributed by atoms with van der Waals surface area (Å²) in [7, 11) is 0. The van der Waals surface area contributed by atoms with Crippen molar-refractivity contribution in [1.29, 1.82) is 0 Å². The van der Waals surface area contributed by atoms with Gasteiger partial charge in [-0.3, -0.25) is 4.79 Å². The molecule has 4 rings (SSSR count). The maximum atomic E-state index is 12.5. The zero-order chi connectivity index (χ0) is 17.8. The van der Waals surface area contributed by atoms with E-state index in [1.807, 2.05) is 48.5 Å². The van der Waals surface area contributed by atoms with Crippen molar-refractivity contribution in [2.45, 2.75) is 28.2 Å². The molecule has 1 N–H and O–H groups in total. The molecule has 0 saturated heterocycles. The van der Waals surface area contributed by atoms with Crippen molar-refractivity contribution < 1.29 is 4.79 Å². The van der Waals surface area contributed by atoms with Crippen molar-refractivity contribution in [2.24, 2.45) is 0 Å². The van der Waals surface area contributed by atoms with Gasteiger partial charge in [-0.2, -0.15) is 0 Å². The Hall–Kier alpha value is -2.59. The second-order valence-corrected chi connectivity index (χ2v) is 7.72. The zero-order valence-electron chi connectivity index (χ0n) is 14.4. The van der Waals surface area contributed by atoms with Gasteiger partial charge in [0.15, 0.2) is 0 Å². The van der Waals surface area contributed by atoms with E-state index in [1.54, 1.807) is 18.0 Å². The molecule has 0 radical (unpaired) electrons. The first-order valence-corrected chi connectivity index (χ1v) is 9.60. The van der Waals surface area contributed by atoms with Gasteiger partial charge < -0.3 is 5.32 Å². The molecule has 1 amide bonds. The Morgan fingerprint density at radius 2 is 1.69 bits per heavy atom. The summed E-state index contributed by atoms with van der Waals surface area (Å²) in [6, 6.07) is 24.0. The number of pyridine rings is 1. The number of hydrogen-bond acceptors (Lipinski definition) is 3. The fourth-order valence-electron chi connectivity index (χ4n) is 3.06. The molecule has 0 spiro atoms. The minimum absolute atomic E-state index is 0.0124. The SMILES string of the molecule is O=C(NCC1(c2ccccc2)CC1)c1ccc(Sc2ccccn2)cc1. The van der Waals surface area contributed by atoms with Crippen LogP contribution in [0.25, 0.3) is 0 Å². The lowest BCUT2D eigenvalue weighted by Gasteiger charge is -2.16. The van der Waals surface area contributed by atoms with Crippen LogP contribution in [0.15, 0.2) is 88.9 Å². The Kier molecular flexibility index (Phi) is 4.76. The molecule has 0 aliphatic heterocycles. The summed E-state index contributed by atoms with van der Waals surface area (Å²) in [5.74, 6) is -0.0124. The molecular formula is C22H20N2OS. The largest absolute Gasteiger partial charge is 0.351 e. The van der Waals surface area contributed by atoms with Gasteiger partial charge in [0.1, 0.15) is 5.03 Å². The molecule has 1 heterocycles. The molecule has 4 heteroatoms. The van der Waals surface area contributed by atoms with Gasteiger partial charge in [-0.15, -0.1) is 0 Å². The molecule has 0 unspecified atom stereocenters. The van der Waals surface area contributed by atoms with E-state index in [-0.39, 0.29) is 11.3 Å². The van der Waals surface area contributed by atoms with E-state index in [2.05, 4.69) is 34.6 Å². The van der Waals surface area contributed by atoms with E-state index in [0.29, 0.717) is 12.1 Å². The Balaban J connectivity index is 1.37. The van der Waals surface area contributed by atoms with Gasteiger partial charge in [-0.1, -0.05) is 48.2 Å². The van der Waals surface area contributed by atoms with Crippen molar-refractivity contribution in [1.82, 2.24) is 10.3 Å². The summed E-state index contributed by atoms with van der Waals surface area (Å²) in [5, 5.41) is 4.06. The summed E-state index contributed by atoms with van der Waals surface area (Å²) in [6.45, 7) is 0.695. The van der Waals surface area contributed by atoms with E-state index in [1.165, 1.54) is 5.56 Å². The maximum absolute atomic E-state index is 12.5. The van der Waals surface area contributed by atoms with Gasteiger partial charge in [0.05, 0.1) is 0 Å². The molecular weight excluding hydrogens is 340 g/mol. The molecule has 3 nitrogen and oxygen atoms in total. The minimum Gasteiger partial charge on any atom is -0.351 e. The maximum Gasteiger partial charge on any atom is 0.251 e. The second kappa shape index (κ2) is 7.34. The topological polar surface area (TPSA) is 42.0 Å². The third-order valence-corrected chi connectivity index (χ3v) is 5.76. The quantitative estimate of drug-likeness (QED) is 0.693. The lowest BCUT2D eigenvalue weighted by molar-refractivity contribution is 0.0949. The van der Waals surface area contributed by atoms with E-state index in [0.717, 1.165) is 22.8 Å². The Bertz CT molecular complexity index is 875. The second-order valence-electron chi connectivity index (χ2n) is 6.62. The van der Waals surface area contributed by atoms with Gasteiger partial charge >= 0.3 is 0 Å². The molecule has 0 bridgehead atoms. The molecule has 2 aromatic carbocycles. The lowest BCUT2D eigenvalue weighted by Crippen LogP contribution is -2.32. The summed E-state index contributed by atoms with van der Waals surface area (Å²) < 4.78 is 0. The Morgan fingerprint density at radius 1 is 0.962 bits per heavy atom. The van der Waals surface area contributed by atoms with Crippen molar-refractivity contribution in [3.05, 3.63) is 90.1 Å². The van der Waals surface area contributed by atoms with Crippen LogP contribution in [0.2, 0.25) is 0 Å². The number of nitrogens with one attached hydrogen (secondary N) is 1. The molecule has 1 aromatic heterocycles. The molecule has 26 heavy (non-hydrogen) atoms. The number of benzene rings is 2. The highest BCUT2D eigenvalue weighted by molar-refractivity contribution is 7.99. The predicted molar refractivity (Wildman–Crippen MR) is 104 cm³/mol. The van der Waals surface area contributed by atoms with Gasteiger partial charge in [-0.25, -0.2) is 4.98 Å². The van der Waals surface area contributed by atoms with Crippen LogP contribution in [0.4, 0.5) is 0 Å². The molecule has 3 aromatic rings. The van der Waals surface area contributed by atoms with Crippen molar-refractivity contribution in [2.75, 3.05) is 6.54 Å². The Morgan fingerprint density at radius 3 is 2.35 bits per heavy atom. The first kappa shape index (κ1) is 16.9. The van der Waals surface area contributed by atoms with Crippen LogP contribution in [-0.2, 0) is 5.41 Å². The van der Waals surface area contributed by atoms with Crippen LogP contribution in [0, 0.1) is 0 Å². The third kappa shape index (κ3) is 3.81. The first-order chi connectivity index (χ1) is 12.8.